The quantitative estimate of drug-likeness (QED) is 0.197. The standard InChI is InChI=1S/C23H22.4C2H6/c1-15-9-10-18-13-20-17(14-21(18)22(15)23(2,3)4)12-11-16-7-5-6-8-19(16)20;4*1-2/h5-14H,1-4H3;4*1-2H3. The zero-order valence-corrected chi connectivity index (χ0v) is 22.3. The summed E-state index contributed by atoms with van der Waals surface area (Å²) in [6.45, 7) is 25.1. The van der Waals surface area contributed by atoms with Crippen LogP contribution in [0.5, 0.6) is 0 Å². The summed E-state index contributed by atoms with van der Waals surface area (Å²) in [6.07, 6.45) is 0. The van der Waals surface area contributed by atoms with E-state index in [9.17, 15) is 0 Å². The summed E-state index contributed by atoms with van der Waals surface area (Å²) in [5.74, 6) is 0. The van der Waals surface area contributed by atoms with Crippen molar-refractivity contribution in [1.82, 2.24) is 0 Å². The van der Waals surface area contributed by atoms with Crippen LogP contribution in [0, 0.1) is 6.92 Å². The van der Waals surface area contributed by atoms with Crippen molar-refractivity contribution in [2.75, 3.05) is 0 Å². The van der Waals surface area contributed by atoms with E-state index in [2.05, 4.69) is 88.4 Å². The molecule has 0 heterocycles. The molecule has 170 valence electrons. The highest BCUT2D eigenvalue weighted by molar-refractivity contribution is 6.12. The molecule has 31 heavy (non-hydrogen) atoms. The van der Waals surface area contributed by atoms with Gasteiger partial charge in [0.2, 0.25) is 0 Å². The van der Waals surface area contributed by atoms with Crippen LogP contribution in [0.1, 0.15) is 87.3 Å². The van der Waals surface area contributed by atoms with Gasteiger partial charge in [-0.1, -0.05) is 125 Å². The second kappa shape index (κ2) is 13.9. The third-order valence-corrected chi connectivity index (χ3v) is 4.84. The number of rotatable bonds is 0. The molecule has 0 heteroatoms. The first-order valence-electron chi connectivity index (χ1n) is 12.3. The Balaban J connectivity index is 0.00000102. The summed E-state index contributed by atoms with van der Waals surface area (Å²) in [4.78, 5) is 0. The average Bonchev–Trinajstić information content (AvgIpc) is 2.82. The van der Waals surface area contributed by atoms with Gasteiger partial charge >= 0.3 is 0 Å². The molecule has 4 aromatic carbocycles. The Morgan fingerprint density at radius 2 is 0.935 bits per heavy atom. The van der Waals surface area contributed by atoms with Gasteiger partial charge in [0, 0.05) is 0 Å². The molecule has 0 atom stereocenters. The van der Waals surface area contributed by atoms with Gasteiger partial charge < -0.3 is 0 Å². The first kappa shape index (κ1) is 28.7. The van der Waals surface area contributed by atoms with Gasteiger partial charge in [0.25, 0.3) is 0 Å². The fourth-order valence-electron chi connectivity index (χ4n) is 3.93. The Labute approximate surface area is 192 Å². The van der Waals surface area contributed by atoms with Crippen LogP contribution in [0.15, 0.2) is 60.7 Å². The molecule has 0 fully saturated rings. The number of hydrogen-bond acceptors (Lipinski definition) is 0. The van der Waals surface area contributed by atoms with Crippen LogP contribution in [-0.4, -0.2) is 0 Å². The van der Waals surface area contributed by atoms with Crippen molar-refractivity contribution in [1.29, 1.82) is 0 Å². The molecule has 0 amide bonds. The Hall–Kier alpha value is -2.34. The molecule has 4 aromatic rings. The molecular formula is C31H46. The van der Waals surface area contributed by atoms with Gasteiger partial charge in [0.1, 0.15) is 0 Å². The maximum Gasteiger partial charge on any atom is -0.00990 e. The lowest BCUT2D eigenvalue weighted by molar-refractivity contribution is 0.592. The van der Waals surface area contributed by atoms with Crippen LogP contribution in [-0.2, 0) is 5.41 Å². The Morgan fingerprint density at radius 1 is 0.484 bits per heavy atom. The first-order valence-corrected chi connectivity index (χ1v) is 12.3. The first-order chi connectivity index (χ1) is 14.9. The van der Waals surface area contributed by atoms with Gasteiger partial charge in [-0.3, -0.25) is 0 Å². The summed E-state index contributed by atoms with van der Waals surface area (Å²) < 4.78 is 0. The van der Waals surface area contributed by atoms with E-state index in [1.54, 1.807) is 0 Å². The summed E-state index contributed by atoms with van der Waals surface area (Å²) >= 11 is 0. The van der Waals surface area contributed by atoms with Crippen LogP contribution in [0.25, 0.3) is 32.3 Å². The molecule has 0 saturated carbocycles. The number of hydrogen-bond donors (Lipinski definition) is 0. The molecule has 0 saturated heterocycles. The molecule has 4 rings (SSSR count). The third-order valence-electron chi connectivity index (χ3n) is 4.84. The molecule has 0 spiro atoms. The van der Waals surface area contributed by atoms with Gasteiger partial charge in [-0.15, -0.1) is 0 Å². The van der Waals surface area contributed by atoms with E-state index >= 15 is 0 Å². The second-order valence-corrected chi connectivity index (χ2v) is 7.59. The normalized spacial score (nSPS) is 9.94. The lowest BCUT2D eigenvalue weighted by Gasteiger charge is -2.24. The van der Waals surface area contributed by atoms with Gasteiger partial charge in [0.05, 0.1) is 0 Å². The number of benzene rings is 4. The second-order valence-electron chi connectivity index (χ2n) is 7.59. The highest BCUT2D eigenvalue weighted by atomic mass is 14.2. The van der Waals surface area contributed by atoms with Gasteiger partial charge in [0.15, 0.2) is 0 Å². The SMILES string of the molecule is CC.CC.CC.CC.Cc1ccc2cc3c(ccc4ccccc43)cc2c1C(C)(C)C. The van der Waals surface area contributed by atoms with Gasteiger partial charge in [-0.2, -0.15) is 0 Å². The van der Waals surface area contributed by atoms with Gasteiger partial charge in [-0.05, 0) is 67.9 Å². The summed E-state index contributed by atoms with van der Waals surface area (Å²) in [5.41, 5.74) is 2.99. The molecule has 0 nitrogen and oxygen atoms in total. The maximum absolute atomic E-state index is 2.38. The van der Waals surface area contributed by atoms with Crippen LogP contribution < -0.4 is 0 Å². The van der Waals surface area contributed by atoms with Crippen molar-refractivity contribution in [3.05, 3.63) is 71.8 Å². The minimum atomic E-state index is 0.147. The third kappa shape index (κ3) is 6.57. The molecule has 0 N–H and O–H groups in total. The van der Waals surface area contributed by atoms with E-state index in [4.69, 9.17) is 0 Å². The summed E-state index contributed by atoms with van der Waals surface area (Å²) in [7, 11) is 0. The van der Waals surface area contributed by atoms with Crippen molar-refractivity contribution in [3.63, 3.8) is 0 Å². The molecule has 0 aromatic heterocycles. The van der Waals surface area contributed by atoms with Gasteiger partial charge in [-0.25, -0.2) is 0 Å². The minimum Gasteiger partial charge on any atom is -0.0683 e. The number of fused-ring (bicyclic) bond motifs is 4. The number of aryl methyl sites for hydroxylation is 1. The van der Waals surface area contributed by atoms with Crippen LogP contribution in [0.4, 0.5) is 0 Å². The van der Waals surface area contributed by atoms with Crippen LogP contribution >= 0.6 is 0 Å². The monoisotopic (exact) mass is 418 g/mol. The van der Waals surface area contributed by atoms with Crippen LogP contribution in [0.2, 0.25) is 0 Å². The summed E-state index contributed by atoms with van der Waals surface area (Å²) in [6, 6.07) is 22.4. The fourth-order valence-corrected chi connectivity index (χ4v) is 3.93. The van der Waals surface area contributed by atoms with E-state index in [1.807, 2.05) is 55.4 Å². The smallest absolute Gasteiger partial charge is 0.00990 e. The molecule has 0 aliphatic carbocycles. The van der Waals surface area contributed by atoms with E-state index < -0.39 is 0 Å². The topological polar surface area (TPSA) is 0 Å². The zero-order valence-electron chi connectivity index (χ0n) is 22.3. The van der Waals surface area contributed by atoms with Crippen molar-refractivity contribution >= 4 is 32.3 Å². The minimum absolute atomic E-state index is 0.147. The predicted molar refractivity (Wildman–Crippen MR) is 148 cm³/mol. The molecule has 0 aliphatic heterocycles. The van der Waals surface area contributed by atoms with E-state index in [0.717, 1.165) is 0 Å². The van der Waals surface area contributed by atoms with Crippen molar-refractivity contribution < 1.29 is 0 Å². The molecule has 0 bridgehead atoms. The Bertz CT molecular complexity index is 1050. The summed E-state index contributed by atoms with van der Waals surface area (Å²) in [5, 5.41) is 8.04. The molecular weight excluding hydrogens is 372 g/mol. The Morgan fingerprint density at radius 3 is 1.52 bits per heavy atom. The lowest BCUT2D eigenvalue weighted by atomic mass is 9.80. The fraction of sp³-hybridized carbons (Fsp3) is 0.419. The van der Waals surface area contributed by atoms with Crippen molar-refractivity contribution in [3.8, 4) is 0 Å². The molecule has 0 aliphatic rings. The largest absolute Gasteiger partial charge is 0.0683 e. The van der Waals surface area contributed by atoms with Crippen molar-refractivity contribution in [2.45, 2.75) is 88.5 Å². The molecule has 0 radical (unpaired) electrons. The maximum atomic E-state index is 2.38. The highest BCUT2D eigenvalue weighted by Gasteiger charge is 2.19. The Kier molecular flexibility index (Phi) is 12.8. The van der Waals surface area contributed by atoms with Crippen molar-refractivity contribution in [2.24, 2.45) is 0 Å². The molecule has 0 unspecified atom stereocenters. The van der Waals surface area contributed by atoms with E-state index in [0.29, 0.717) is 0 Å². The van der Waals surface area contributed by atoms with Crippen LogP contribution in [0.3, 0.4) is 0 Å². The van der Waals surface area contributed by atoms with E-state index in [1.165, 1.54) is 43.4 Å². The average molecular weight is 419 g/mol. The zero-order chi connectivity index (χ0) is 24.2. The van der Waals surface area contributed by atoms with E-state index in [-0.39, 0.29) is 5.41 Å². The highest BCUT2D eigenvalue weighted by Crippen LogP contribution is 2.36. The predicted octanol–water partition coefficient (Wildman–Crippen LogP) is 10.9. The lowest BCUT2D eigenvalue weighted by Crippen LogP contribution is -2.13.